The van der Waals surface area contributed by atoms with Crippen molar-refractivity contribution in [1.29, 1.82) is 0 Å². The zero-order valence-corrected chi connectivity index (χ0v) is 16.3. The van der Waals surface area contributed by atoms with Crippen LogP contribution in [0.1, 0.15) is 31.8 Å². The van der Waals surface area contributed by atoms with Crippen LogP contribution in [0.2, 0.25) is 10.0 Å². The van der Waals surface area contributed by atoms with E-state index >= 15 is 0 Å². The van der Waals surface area contributed by atoms with E-state index in [4.69, 9.17) is 23.2 Å². The van der Waals surface area contributed by atoms with Crippen molar-refractivity contribution < 1.29 is 9.59 Å². The summed E-state index contributed by atoms with van der Waals surface area (Å²) in [5.41, 5.74) is 3.27. The summed E-state index contributed by atoms with van der Waals surface area (Å²) in [6.07, 6.45) is 0. The number of carbonyl (C=O) groups is 2. The largest absolute Gasteiger partial charge is 0.335 e. The molecule has 2 amide bonds. The van der Waals surface area contributed by atoms with E-state index in [1.807, 2.05) is 32.0 Å². The molecule has 1 aliphatic heterocycles. The molecule has 4 nitrogen and oxygen atoms in total. The second-order valence-corrected chi connectivity index (χ2v) is 7.43. The van der Waals surface area contributed by atoms with E-state index < -0.39 is 0 Å². The fourth-order valence-corrected chi connectivity index (χ4v) is 3.72. The molecule has 0 N–H and O–H groups in total. The lowest BCUT2D eigenvalue weighted by Gasteiger charge is -2.35. The minimum atomic E-state index is -0.134. The normalized spacial score (nSPS) is 14.5. The van der Waals surface area contributed by atoms with E-state index in [1.165, 1.54) is 0 Å². The molecule has 0 unspecified atom stereocenters. The predicted molar refractivity (Wildman–Crippen MR) is 104 cm³/mol. The van der Waals surface area contributed by atoms with Gasteiger partial charge in [0, 0.05) is 36.8 Å². The van der Waals surface area contributed by atoms with Crippen LogP contribution in [-0.4, -0.2) is 47.8 Å². The smallest absolute Gasteiger partial charge is 0.255 e. The lowest BCUT2D eigenvalue weighted by Crippen LogP contribution is -2.50. The maximum atomic E-state index is 12.7. The van der Waals surface area contributed by atoms with Gasteiger partial charge in [-0.2, -0.15) is 0 Å². The maximum Gasteiger partial charge on any atom is 0.255 e. The molecule has 1 heterocycles. The standard InChI is InChI=1S/C20H20Cl2N2O2/c1-13-9-14(2)11-15(10-13)19(25)23-5-7-24(8-6-23)20(26)17-4-3-16(21)12-18(17)22/h3-4,9-12H,5-8H2,1-2H3. The topological polar surface area (TPSA) is 40.6 Å². The molecule has 1 saturated heterocycles. The van der Waals surface area contributed by atoms with Gasteiger partial charge in [-0.1, -0.05) is 40.4 Å². The van der Waals surface area contributed by atoms with Crippen molar-refractivity contribution in [1.82, 2.24) is 9.80 Å². The Labute approximate surface area is 163 Å². The molecule has 1 aliphatic rings. The number of hydrogen-bond donors (Lipinski definition) is 0. The monoisotopic (exact) mass is 390 g/mol. The van der Waals surface area contributed by atoms with Gasteiger partial charge in [-0.05, 0) is 44.2 Å². The van der Waals surface area contributed by atoms with Crippen LogP contribution in [0, 0.1) is 13.8 Å². The average molecular weight is 391 g/mol. The van der Waals surface area contributed by atoms with E-state index in [9.17, 15) is 9.59 Å². The van der Waals surface area contributed by atoms with Gasteiger partial charge in [0.05, 0.1) is 10.6 Å². The highest BCUT2D eigenvalue weighted by Crippen LogP contribution is 2.23. The van der Waals surface area contributed by atoms with Crippen molar-refractivity contribution in [3.63, 3.8) is 0 Å². The highest BCUT2D eigenvalue weighted by Gasteiger charge is 2.26. The number of aryl methyl sites for hydroxylation is 2. The van der Waals surface area contributed by atoms with Crippen LogP contribution in [-0.2, 0) is 0 Å². The second kappa shape index (κ2) is 7.68. The number of benzene rings is 2. The number of piperazine rings is 1. The van der Waals surface area contributed by atoms with Gasteiger partial charge in [0.15, 0.2) is 0 Å². The average Bonchev–Trinajstić information content (AvgIpc) is 2.60. The number of hydrogen-bond acceptors (Lipinski definition) is 2. The lowest BCUT2D eigenvalue weighted by atomic mass is 10.1. The van der Waals surface area contributed by atoms with E-state index in [0.717, 1.165) is 11.1 Å². The summed E-state index contributed by atoms with van der Waals surface area (Å²) in [4.78, 5) is 28.9. The maximum absolute atomic E-state index is 12.7. The zero-order valence-electron chi connectivity index (χ0n) is 14.8. The molecule has 1 fully saturated rings. The fourth-order valence-electron chi connectivity index (χ4n) is 3.23. The molecule has 26 heavy (non-hydrogen) atoms. The first-order valence-corrected chi connectivity index (χ1v) is 9.22. The highest BCUT2D eigenvalue weighted by molar-refractivity contribution is 6.36. The van der Waals surface area contributed by atoms with Gasteiger partial charge in [0.1, 0.15) is 0 Å². The van der Waals surface area contributed by atoms with Crippen molar-refractivity contribution in [2.45, 2.75) is 13.8 Å². The van der Waals surface area contributed by atoms with Gasteiger partial charge < -0.3 is 9.80 Å². The fraction of sp³-hybridized carbons (Fsp3) is 0.300. The molecule has 6 heteroatoms. The van der Waals surface area contributed by atoms with Crippen molar-refractivity contribution in [2.75, 3.05) is 26.2 Å². The molecule has 0 radical (unpaired) electrons. The van der Waals surface area contributed by atoms with Gasteiger partial charge in [-0.25, -0.2) is 0 Å². The van der Waals surface area contributed by atoms with Gasteiger partial charge in [-0.3, -0.25) is 9.59 Å². The van der Waals surface area contributed by atoms with Crippen LogP contribution in [0.25, 0.3) is 0 Å². The molecule has 0 aromatic heterocycles. The summed E-state index contributed by atoms with van der Waals surface area (Å²) in [5, 5.41) is 0.839. The Morgan fingerprint density at radius 1 is 0.808 bits per heavy atom. The summed E-state index contributed by atoms with van der Waals surface area (Å²) < 4.78 is 0. The molecule has 2 aromatic rings. The molecule has 136 valence electrons. The Hall–Kier alpha value is -2.04. The number of amides is 2. The molecule has 0 aliphatic carbocycles. The second-order valence-electron chi connectivity index (χ2n) is 6.58. The Morgan fingerprint density at radius 3 is 1.88 bits per heavy atom. The summed E-state index contributed by atoms with van der Waals surface area (Å²) in [5.74, 6) is -0.126. The molecule has 0 atom stereocenters. The number of carbonyl (C=O) groups excluding carboxylic acids is 2. The van der Waals surface area contributed by atoms with Crippen LogP contribution in [0.4, 0.5) is 0 Å². The van der Waals surface area contributed by atoms with Gasteiger partial charge in [-0.15, -0.1) is 0 Å². The third kappa shape index (κ3) is 4.02. The molecule has 0 saturated carbocycles. The zero-order chi connectivity index (χ0) is 18.8. The van der Waals surface area contributed by atoms with Crippen molar-refractivity contribution in [3.8, 4) is 0 Å². The first kappa shape index (κ1) is 18.7. The Bertz CT molecular complexity index is 839. The van der Waals surface area contributed by atoms with Gasteiger partial charge in [0.25, 0.3) is 11.8 Å². The number of nitrogens with zero attached hydrogens (tertiary/aromatic N) is 2. The highest BCUT2D eigenvalue weighted by atomic mass is 35.5. The third-order valence-corrected chi connectivity index (χ3v) is 5.03. The van der Waals surface area contributed by atoms with Crippen molar-refractivity contribution in [2.24, 2.45) is 0 Å². The minimum absolute atomic E-state index is 0.00780. The minimum Gasteiger partial charge on any atom is -0.335 e. The molecule has 3 rings (SSSR count). The van der Waals surface area contributed by atoms with E-state index in [1.54, 1.807) is 28.0 Å². The van der Waals surface area contributed by atoms with Crippen LogP contribution in [0.15, 0.2) is 36.4 Å². The van der Waals surface area contributed by atoms with Crippen LogP contribution >= 0.6 is 23.2 Å². The predicted octanol–water partition coefficient (Wildman–Crippen LogP) is 4.21. The summed E-state index contributed by atoms with van der Waals surface area (Å²) >= 11 is 12.0. The number of halogens is 2. The van der Waals surface area contributed by atoms with Crippen molar-refractivity contribution in [3.05, 3.63) is 68.7 Å². The Morgan fingerprint density at radius 2 is 1.35 bits per heavy atom. The molecular formula is C20H20Cl2N2O2. The quantitative estimate of drug-likeness (QED) is 0.770. The third-order valence-electron chi connectivity index (χ3n) is 4.48. The number of rotatable bonds is 2. The summed E-state index contributed by atoms with van der Waals surface area (Å²) in [6.45, 7) is 5.93. The van der Waals surface area contributed by atoms with Crippen LogP contribution in [0.5, 0.6) is 0 Å². The summed E-state index contributed by atoms with van der Waals surface area (Å²) in [6, 6.07) is 10.7. The van der Waals surface area contributed by atoms with E-state index in [0.29, 0.717) is 47.4 Å². The van der Waals surface area contributed by atoms with Crippen molar-refractivity contribution >= 4 is 35.0 Å². The Kier molecular flexibility index (Phi) is 5.54. The van der Waals surface area contributed by atoms with E-state index in [-0.39, 0.29) is 11.8 Å². The van der Waals surface area contributed by atoms with Crippen LogP contribution in [0.3, 0.4) is 0 Å². The first-order valence-electron chi connectivity index (χ1n) is 8.47. The lowest BCUT2D eigenvalue weighted by molar-refractivity contribution is 0.0535. The van der Waals surface area contributed by atoms with E-state index in [2.05, 4.69) is 0 Å². The summed E-state index contributed by atoms with van der Waals surface area (Å²) in [7, 11) is 0. The molecule has 0 bridgehead atoms. The van der Waals surface area contributed by atoms with Gasteiger partial charge in [0.2, 0.25) is 0 Å². The van der Waals surface area contributed by atoms with Gasteiger partial charge >= 0.3 is 0 Å². The van der Waals surface area contributed by atoms with Crippen LogP contribution < -0.4 is 0 Å². The molecule has 2 aromatic carbocycles. The SMILES string of the molecule is Cc1cc(C)cc(C(=O)N2CCN(C(=O)c3ccc(Cl)cc3Cl)CC2)c1. The molecule has 0 spiro atoms. The first-order chi connectivity index (χ1) is 12.3. The Balaban J connectivity index is 1.67. The molecular weight excluding hydrogens is 371 g/mol.